The van der Waals surface area contributed by atoms with E-state index in [1.807, 2.05) is 0 Å². The van der Waals surface area contributed by atoms with E-state index in [0.29, 0.717) is 17.6 Å². The highest BCUT2D eigenvalue weighted by molar-refractivity contribution is 5.69. The fourth-order valence-corrected chi connectivity index (χ4v) is 2.59. The number of aromatic nitrogens is 1. The molecule has 1 atom stereocenters. The zero-order chi connectivity index (χ0) is 13.0. The largest absolute Gasteiger partial charge is 0.481 e. The van der Waals surface area contributed by atoms with Gasteiger partial charge in [0.2, 0.25) is 0 Å². The Labute approximate surface area is 107 Å². The van der Waals surface area contributed by atoms with E-state index in [1.165, 1.54) is 25.5 Å². The molecule has 2 heterocycles. The van der Waals surface area contributed by atoms with Crippen LogP contribution in [0.25, 0.3) is 0 Å². The van der Waals surface area contributed by atoms with Gasteiger partial charge in [-0.05, 0) is 25.9 Å². The normalized spacial score (nSPS) is 21.1. The molecule has 2 rings (SSSR count). The zero-order valence-electron chi connectivity index (χ0n) is 10.8. The van der Waals surface area contributed by atoms with Crippen LogP contribution < -0.4 is 0 Å². The minimum atomic E-state index is -0.872. The molecule has 18 heavy (non-hydrogen) atoms. The van der Waals surface area contributed by atoms with Crippen LogP contribution in [0.4, 0.5) is 0 Å². The molecule has 5 nitrogen and oxygen atoms in total. The molecule has 1 unspecified atom stereocenters. The van der Waals surface area contributed by atoms with Gasteiger partial charge in [-0.15, -0.1) is 0 Å². The third-order valence-corrected chi connectivity index (χ3v) is 3.50. The Bertz CT molecular complexity index is 403. The van der Waals surface area contributed by atoms with Gasteiger partial charge in [-0.25, -0.2) is 4.98 Å². The van der Waals surface area contributed by atoms with E-state index in [9.17, 15) is 4.79 Å². The first-order valence-corrected chi connectivity index (χ1v) is 6.58. The standard InChI is InChI=1S/C13H20N2O3/c1-2-15-6-4-3-5-11(15)8-12-14-10(9-18-12)7-13(16)17/h9,11H,2-8H2,1H3,(H,16,17). The van der Waals surface area contributed by atoms with Crippen LogP contribution in [0.1, 0.15) is 37.8 Å². The summed E-state index contributed by atoms with van der Waals surface area (Å²) in [5.41, 5.74) is 0.511. The lowest BCUT2D eigenvalue weighted by atomic mass is 9.99. The van der Waals surface area contributed by atoms with E-state index in [2.05, 4.69) is 16.8 Å². The third kappa shape index (κ3) is 3.32. The second-order valence-corrected chi connectivity index (χ2v) is 4.79. The lowest BCUT2D eigenvalue weighted by Crippen LogP contribution is -2.40. The van der Waals surface area contributed by atoms with Gasteiger partial charge in [0.15, 0.2) is 5.89 Å². The molecule has 0 radical (unpaired) electrons. The fraction of sp³-hybridized carbons (Fsp3) is 0.692. The number of aliphatic carboxylic acids is 1. The molecule has 1 N–H and O–H groups in total. The molecule has 5 heteroatoms. The topological polar surface area (TPSA) is 66.6 Å². The summed E-state index contributed by atoms with van der Waals surface area (Å²) in [6.07, 6.45) is 5.87. The van der Waals surface area contributed by atoms with Gasteiger partial charge >= 0.3 is 5.97 Å². The van der Waals surface area contributed by atoms with E-state index in [-0.39, 0.29) is 6.42 Å². The molecule has 1 aromatic rings. The second kappa shape index (κ2) is 6.00. The van der Waals surface area contributed by atoms with E-state index >= 15 is 0 Å². The molecule has 1 aliphatic heterocycles. The molecule has 100 valence electrons. The molecule has 1 aromatic heterocycles. The second-order valence-electron chi connectivity index (χ2n) is 4.79. The maximum Gasteiger partial charge on any atom is 0.309 e. The summed E-state index contributed by atoms with van der Waals surface area (Å²) in [6.45, 7) is 4.36. The van der Waals surface area contributed by atoms with Crippen molar-refractivity contribution in [1.29, 1.82) is 0 Å². The summed E-state index contributed by atoms with van der Waals surface area (Å²) < 4.78 is 5.36. The Kier molecular flexibility index (Phi) is 4.36. The number of hydrogen-bond donors (Lipinski definition) is 1. The number of piperidine rings is 1. The number of oxazole rings is 1. The SMILES string of the molecule is CCN1CCCCC1Cc1nc(CC(=O)O)co1. The average Bonchev–Trinajstić information content (AvgIpc) is 2.76. The van der Waals surface area contributed by atoms with Crippen molar-refractivity contribution in [3.63, 3.8) is 0 Å². The van der Waals surface area contributed by atoms with E-state index in [1.54, 1.807) is 0 Å². The van der Waals surface area contributed by atoms with Gasteiger partial charge in [0, 0.05) is 12.5 Å². The first-order chi connectivity index (χ1) is 8.69. The van der Waals surface area contributed by atoms with Crippen molar-refractivity contribution in [2.75, 3.05) is 13.1 Å². The highest BCUT2D eigenvalue weighted by atomic mass is 16.4. The van der Waals surface area contributed by atoms with Gasteiger partial charge in [-0.2, -0.15) is 0 Å². The molecule has 0 amide bonds. The van der Waals surface area contributed by atoms with Gasteiger partial charge in [-0.1, -0.05) is 13.3 Å². The van der Waals surface area contributed by atoms with Crippen LogP contribution in [-0.4, -0.2) is 40.1 Å². The summed E-state index contributed by atoms with van der Waals surface area (Å²) in [5, 5.41) is 8.69. The van der Waals surface area contributed by atoms with Crippen molar-refractivity contribution in [3.8, 4) is 0 Å². The molecule has 0 aromatic carbocycles. The van der Waals surface area contributed by atoms with Crippen LogP contribution >= 0.6 is 0 Å². The minimum Gasteiger partial charge on any atom is -0.481 e. The van der Waals surface area contributed by atoms with Gasteiger partial charge in [0.05, 0.1) is 12.1 Å². The number of rotatable bonds is 5. The number of carboxylic acid groups (broad SMARTS) is 1. The lowest BCUT2D eigenvalue weighted by Gasteiger charge is -2.34. The summed E-state index contributed by atoms with van der Waals surface area (Å²) in [4.78, 5) is 17.3. The zero-order valence-corrected chi connectivity index (χ0v) is 10.8. The average molecular weight is 252 g/mol. The molecule has 0 bridgehead atoms. The molecule has 1 aliphatic rings. The Morgan fingerprint density at radius 1 is 1.61 bits per heavy atom. The van der Waals surface area contributed by atoms with Crippen LogP contribution in [-0.2, 0) is 17.6 Å². The van der Waals surface area contributed by atoms with Crippen LogP contribution in [0, 0.1) is 0 Å². The van der Waals surface area contributed by atoms with Gasteiger partial charge in [0.1, 0.15) is 6.26 Å². The molecule has 1 fully saturated rings. The number of carbonyl (C=O) groups is 1. The Morgan fingerprint density at radius 2 is 2.44 bits per heavy atom. The van der Waals surface area contributed by atoms with Crippen LogP contribution in [0.15, 0.2) is 10.7 Å². The maximum absolute atomic E-state index is 10.6. The van der Waals surface area contributed by atoms with Crippen molar-refractivity contribution in [2.45, 2.75) is 45.1 Å². The molecule has 0 aliphatic carbocycles. The Hall–Kier alpha value is -1.36. The van der Waals surface area contributed by atoms with Gasteiger partial charge < -0.3 is 14.4 Å². The Morgan fingerprint density at radius 3 is 3.17 bits per heavy atom. The van der Waals surface area contributed by atoms with E-state index < -0.39 is 5.97 Å². The molecule has 0 spiro atoms. The fourth-order valence-electron chi connectivity index (χ4n) is 2.59. The number of nitrogens with zero attached hydrogens (tertiary/aromatic N) is 2. The van der Waals surface area contributed by atoms with Gasteiger partial charge in [-0.3, -0.25) is 4.79 Å². The predicted octanol–water partition coefficient (Wildman–Crippen LogP) is 1.72. The number of carboxylic acids is 1. The molecular formula is C13H20N2O3. The van der Waals surface area contributed by atoms with Crippen molar-refractivity contribution in [2.24, 2.45) is 0 Å². The van der Waals surface area contributed by atoms with Crippen molar-refractivity contribution < 1.29 is 14.3 Å². The number of likely N-dealkylation sites (tertiary alicyclic amines) is 1. The lowest BCUT2D eigenvalue weighted by molar-refractivity contribution is -0.136. The highest BCUT2D eigenvalue weighted by Gasteiger charge is 2.23. The third-order valence-electron chi connectivity index (χ3n) is 3.50. The molecule has 1 saturated heterocycles. The summed E-state index contributed by atoms with van der Waals surface area (Å²) in [6, 6.07) is 0.486. The quantitative estimate of drug-likeness (QED) is 0.864. The monoisotopic (exact) mass is 252 g/mol. The van der Waals surface area contributed by atoms with Crippen LogP contribution in [0.3, 0.4) is 0 Å². The summed E-state index contributed by atoms with van der Waals surface area (Å²) in [7, 11) is 0. The number of hydrogen-bond acceptors (Lipinski definition) is 4. The highest BCUT2D eigenvalue weighted by Crippen LogP contribution is 2.20. The van der Waals surface area contributed by atoms with E-state index in [4.69, 9.17) is 9.52 Å². The summed E-state index contributed by atoms with van der Waals surface area (Å²) in [5.74, 6) is -0.209. The molecule has 0 saturated carbocycles. The molecular weight excluding hydrogens is 232 g/mol. The van der Waals surface area contributed by atoms with Crippen LogP contribution in [0.2, 0.25) is 0 Å². The number of likely N-dealkylation sites (N-methyl/N-ethyl adjacent to an activating group) is 1. The smallest absolute Gasteiger partial charge is 0.309 e. The first-order valence-electron chi connectivity index (χ1n) is 6.58. The van der Waals surface area contributed by atoms with Crippen molar-refractivity contribution >= 4 is 5.97 Å². The summed E-state index contributed by atoms with van der Waals surface area (Å²) >= 11 is 0. The van der Waals surface area contributed by atoms with Crippen molar-refractivity contribution in [1.82, 2.24) is 9.88 Å². The minimum absolute atomic E-state index is 0.0638. The van der Waals surface area contributed by atoms with Crippen molar-refractivity contribution in [3.05, 3.63) is 17.8 Å². The van der Waals surface area contributed by atoms with Gasteiger partial charge in [0.25, 0.3) is 0 Å². The Balaban J connectivity index is 1.95. The predicted molar refractivity (Wildman–Crippen MR) is 66.4 cm³/mol. The maximum atomic E-state index is 10.6. The first kappa shape index (κ1) is 13.1. The van der Waals surface area contributed by atoms with Crippen LogP contribution in [0.5, 0.6) is 0 Å². The van der Waals surface area contributed by atoms with E-state index in [0.717, 1.165) is 19.5 Å².